The number of nitrogens with zero attached hydrogens (tertiary/aromatic N) is 1. The normalized spacial score (nSPS) is 14.3. The summed E-state index contributed by atoms with van der Waals surface area (Å²) in [6.07, 6.45) is 0.621. The van der Waals surface area contributed by atoms with Crippen molar-refractivity contribution in [3.8, 4) is 0 Å². The Hall–Kier alpha value is -2.13. The van der Waals surface area contributed by atoms with Crippen molar-refractivity contribution in [2.75, 3.05) is 6.61 Å². The first-order valence-corrected chi connectivity index (χ1v) is 6.80. The van der Waals surface area contributed by atoms with Crippen molar-refractivity contribution in [3.63, 3.8) is 0 Å². The van der Waals surface area contributed by atoms with Gasteiger partial charge in [-0.3, -0.25) is 0 Å². The third-order valence-electron chi connectivity index (χ3n) is 3.69. The molecular formula is C16H10ClNO2. The molecule has 98 valence electrons. The molecule has 1 aliphatic rings. The number of aromatic nitrogens is 1. The molecule has 0 amide bonds. The topological polar surface area (TPSA) is 39.2 Å². The molecule has 4 heteroatoms. The van der Waals surface area contributed by atoms with Crippen molar-refractivity contribution >= 4 is 39.2 Å². The van der Waals surface area contributed by atoms with Gasteiger partial charge in [0.15, 0.2) is 5.69 Å². The van der Waals surface area contributed by atoms with E-state index in [1.165, 1.54) is 0 Å². The number of halogens is 1. The molecular weight excluding hydrogens is 274 g/mol. The summed E-state index contributed by atoms with van der Waals surface area (Å²) in [6.45, 7) is 0.367. The first-order chi connectivity index (χ1) is 9.75. The molecule has 0 bridgehead atoms. The number of pyridine rings is 1. The predicted octanol–water partition coefficient (Wildman–Crippen LogP) is 3.75. The van der Waals surface area contributed by atoms with E-state index in [0.29, 0.717) is 23.7 Å². The minimum Gasteiger partial charge on any atom is -0.461 e. The molecule has 0 aliphatic carbocycles. The molecule has 0 fully saturated rings. The Kier molecular flexibility index (Phi) is 2.44. The van der Waals surface area contributed by atoms with Crippen LogP contribution in [0.5, 0.6) is 0 Å². The molecule has 4 rings (SSSR count). The van der Waals surface area contributed by atoms with Crippen LogP contribution in [0.3, 0.4) is 0 Å². The largest absolute Gasteiger partial charge is 0.461 e. The van der Waals surface area contributed by atoms with Gasteiger partial charge in [0.05, 0.1) is 17.1 Å². The molecule has 0 atom stereocenters. The van der Waals surface area contributed by atoms with Crippen LogP contribution in [0.1, 0.15) is 16.1 Å². The van der Waals surface area contributed by atoms with Crippen LogP contribution in [0.15, 0.2) is 36.4 Å². The lowest BCUT2D eigenvalue weighted by atomic mass is 10.0. The summed E-state index contributed by atoms with van der Waals surface area (Å²) in [5.41, 5.74) is 1.90. The Bertz CT molecular complexity index is 873. The number of fused-ring (bicyclic) bond motifs is 4. The number of hydrogen-bond donors (Lipinski definition) is 0. The summed E-state index contributed by atoms with van der Waals surface area (Å²) in [5.74, 6) is -0.386. The van der Waals surface area contributed by atoms with Crippen LogP contribution >= 0.6 is 11.6 Å². The van der Waals surface area contributed by atoms with Crippen molar-refractivity contribution in [1.82, 2.24) is 4.98 Å². The highest BCUT2D eigenvalue weighted by Crippen LogP contribution is 2.34. The van der Waals surface area contributed by atoms with Gasteiger partial charge >= 0.3 is 5.97 Å². The van der Waals surface area contributed by atoms with E-state index in [1.807, 2.05) is 36.4 Å². The van der Waals surface area contributed by atoms with Crippen LogP contribution in [0.25, 0.3) is 21.7 Å². The van der Waals surface area contributed by atoms with Crippen LogP contribution in [0.2, 0.25) is 5.02 Å². The molecule has 3 nitrogen and oxygen atoms in total. The van der Waals surface area contributed by atoms with Crippen molar-refractivity contribution < 1.29 is 9.53 Å². The Labute approximate surface area is 120 Å². The van der Waals surface area contributed by atoms with E-state index < -0.39 is 0 Å². The summed E-state index contributed by atoms with van der Waals surface area (Å²) in [7, 11) is 0. The number of benzene rings is 2. The van der Waals surface area contributed by atoms with E-state index in [1.54, 1.807) is 0 Å². The zero-order valence-corrected chi connectivity index (χ0v) is 11.3. The Morgan fingerprint density at radius 2 is 1.95 bits per heavy atom. The Balaban J connectivity index is 2.20. The number of hydrogen-bond acceptors (Lipinski definition) is 3. The molecule has 0 N–H and O–H groups in total. The van der Waals surface area contributed by atoms with Crippen LogP contribution in [0, 0.1) is 0 Å². The van der Waals surface area contributed by atoms with Crippen molar-refractivity contribution in [2.45, 2.75) is 6.42 Å². The van der Waals surface area contributed by atoms with E-state index in [9.17, 15) is 4.79 Å². The number of carbonyl (C=O) groups excluding carboxylic acids is 1. The quantitative estimate of drug-likeness (QED) is 0.466. The van der Waals surface area contributed by atoms with Gasteiger partial charge in [-0.2, -0.15) is 0 Å². The molecule has 0 spiro atoms. The predicted molar refractivity (Wildman–Crippen MR) is 78.2 cm³/mol. The number of ether oxygens (including phenoxy) is 1. The minimum absolute atomic E-state index is 0.352. The van der Waals surface area contributed by atoms with E-state index >= 15 is 0 Å². The highest BCUT2D eigenvalue weighted by Gasteiger charge is 2.24. The average molecular weight is 284 g/mol. The van der Waals surface area contributed by atoms with Crippen LogP contribution in [-0.2, 0) is 11.2 Å². The molecule has 2 heterocycles. The summed E-state index contributed by atoms with van der Waals surface area (Å²) < 4.78 is 5.06. The zero-order valence-electron chi connectivity index (χ0n) is 10.5. The maximum absolute atomic E-state index is 11.9. The molecule has 0 unspecified atom stereocenters. The van der Waals surface area contributed by atoms with Crippen LogP contribution in [0.4, 0.5) is 0 Å². The maximum Gasteiger partial charge on any atom is 0.357 e. The molecule has 1 aliphatic heterocycles. The highest BCUT2D eigenvalue weighted by atomic mass is 35.5. The van der Waals surface area contributed by atoms with Gasteiger partial charge in [0.25, 0.3) is 0 Å². The standard InChI is InChI=1S/C16H10ClNO2/c17-13-11-6-5-9-3-1-2-4-10(9)14(11)18-15-12(13)7-8-20-16(15)19/h1-6H,7-8H2. The SMILES string of the molecule is O=C1OCCc2c1nc1c(ccc3ccccc31)c2Cl. The first kappa shape index (κ1) is 11.7. The highest BCUT2D eigenvalue weighted by molar-refractivity contribution is 6.37. The second-order valence-electron chi connectivity index (χ2n) is 4.82. The lowest BCUT2D eigenvalue weighted by Crippen LogP contribution is -2.20. The maximum atomic E-state index is 11.9. The smallest absolute Gasteiger partial charge is 0.357 e. The van der Waals surface area contributed by atoms with E-state index in [-0.39, 0.29) is 5.97 Å². The van der Waals surface area contributed by atoms with Gasteiger partial charge in [0.1, 0.15) is 0 Å². The molecule has 0 saturated heterocycles. The molecule has 0 radical (unpaired) electrons. The summed E-state index contributed by atoms with van der Waals surface area (Å²) in [4.78, 5) is 16.4. The lowest BCUT2D eigenvalue weighted by Gasteiger charge is -2.18. The third-order valence-corrected chi connectivity index (χ3v) is 4.12. The van der Waals surface area contributed by atoms with Crippen LogP contribution in [-0.4, -0.2) is 17.6 Å². The van der Waals surface area contributed by atoms with Gasteiger partial charge in [0.2, 0.25) is 0 Å². The monoisotopic (exact) mass is 283 g/mol. The van der Waals surface area contributed by atoms with Gasteiger partial charge in [-0.05, 0) is 5.39 Å². The lowest BCUT2D eigenvalue weighted by molar-refractivity contribution is 0.0472. The van der Waals surface area contributed by atoms with Gasteiger partial charge in [0, 0.05) is 22.8 Å². The number of cyclic esters (lactones) is 1. The fourth-order valence-electron chi connectivity index (χ4n) is 2.71. The molecule has 20 heavy (non-hydrogen) atoms. The number of esters is 1. The van der Waals surface area contributed by atoms with Crippen molar-refractivity contribution in [2.24, 2.45) is 0 Å². The van der Waals surface area contributed by atoms with E-state index in [2.05, 4.69) is 4.98 Å². The van der Waals surface area contributed by atoms with E-state index in [0.717, 1.165) is 27.2 Å². The van der Waals surface area contributed by atoms with Gasteiger partial charge < -0.3 is 4.74 Å². The third kappa shape index (κ3) is 1.53. The fourth-order valence-corrected chi connectivity index (χ4v) is 3.05. The van der Waals surface area contributed by atoms with Crippen molar-refractivity contribution in [1.29, 1.82) is 0 Å². The van der Waals surface area contributed by atoms with Crippen molar-refractivity contribution in [3.05, 3.63) is 52.7 Å². The zero-order chi connectivity index (χ0) is 13.7. The molecule has 0 saturated carbocycles. The van der Waals surface area contributed by atoms with Gasteiger partial charge in [-0.25, -0.2) is 9.78 Å². The summed E-state index contributed by atoms with van der Waals surface area (Å²) >= 11 is 6.48. The Morgan fingerprint density at radius 1 is 1.10 bits per heavy atom. The molecule has 1 aromatic heterocycles. The Morgan fingerprint density at radius 3 is 2.85 bits per heavy atom. The summed E-state index contributed by atoms with van der Waals surface area (Å²) in [6, 6.07) is 11.9. The second-order valence-corrected chi connectivity index (χ2v) is 5.20. The number of rotatable bonds is 0. The molecule has 3 aromatic rings. The average Bonchev–Trinajstić information content (AvgIpc) is 2.48. The number of carbonyl (C=O) groups is 1. The minimum atomic E-state index is -0.386. The first-order valence-electron chi connectivity index (χ1n) is 6.42. The summed E-state index contributed by atoms with van der Waals surface area (Å²) in [5, 5.41) is 3.58. The van der Waals surface area contributed by atoms with E-state index in [4.69, 9.17) is 16.3 Å². The van der Waals surface area contributed by atoms with Crippen LogP contribution < -0.4 is 0 Å². The van der Waals surface area contributed by atoms with Gasteiger partial charge in [-0.1, -0.05) is 48.0 Å². The van der Waals surface area contributed by atoms with Gasteiger partial charge in [-0.15, -0.1) is 0 Å². The second kappa shape index (κ2) is 4.18. The fraction of sp³-hybridized carbons (Fsp3) is 0.125. The molecule has 2 aromatic carbocycles.